The van der Waals surface area contributed by atoms with E-state index in [9.17, 15) is 4.79 Å². The fourth-order valence-corrected chi connectivity index (χ4v) is 4.88. The number of urea groups is 1. The molecule has 3 aliphatic rings. The summed E-state index contributed by atoms with van der Waals surface area (Å²) < 4.78 is 0. The Kier molecular flexibility index (Phi) is 6.61. The summed E-state index contributed by atoms with van der Waals surface area (Å²) in [6.07, 6.45) is 11.4. The van der Waals surface area contributed by atoms with Crippen molar-refractivity contribution < 1.29 is 4.79 Å². The lowest BCUT2D eigenvalue weighted by Gasteiger charge is -2.37. The van der Waals surface area contributed by atoms with Gasteiger partial charge in [-0.05, 0) is 56.4 Å². The number of hydrogen-bond acceptors (Lipinski definition) is 3. The molecule has 1 aliphatic carbocycles. The van der Waals surface area contributed by atoms with Crippen molar-refractivity contribution in [1.29, 1.82) is 0 Å². The Balaban J connectivity index is 1.25. The van der Waals surface area contributed by atoms with Gasteiger partial charge in [0.1, 0.15) is 0 Å². The molecule has 154 valence electrons. The summed E-state index contributed by atoms with van der Waals surface area (Å²) in [6.45, 7) is 5.84. The minimum atomic E-state index is 0.145. The van der Waals surface area contributed by atoms with Gasteiger partial charge in [0, 0.05) is 56.7 Å². The fourth-order valence-electron chi connectivity index (χ4n) is 4.88. The second kappa shape index (κ2) is 9.53. The molecule has 3 fully saturated rings. The first-order valence-electron chi connectivity index (χ1n) is 11.4. The van der Waals surface area contributed by atoms with Gasteiger partial charge in [-0.3, -0.25) is 0 Å². The second-order valence-electron chi connectivity index (χ2n) is 8.68. The monoisotopic (exact) mass is 384 g/mol. The molecule has 2 saturated heterocycles. The van der Waals surface area contributed by atoms with Crippen LogP contribution in [0.1, 0.15) is 57.8 Å². The van der Waals surface area contributed by atoms with E-state index in [1.54, 1.807) is 0 Å². The lowest BCUT2D eigenvalue weighted by Crippen LogP contribution is -2.53. The van der Waals surface area contributed by atoms with E-state index in [1.165, 1.54) is 69.4 Å². The molecule has 1 N–H and O–H groups in total. The molecule has 2 heterocycles. The second-order valence-corrected chi connectivity index (χ2v) is 8.68. The molecule has 2 aliphatic heterocycles. The van der Waals surface area contributed by atoms with Crippen molar-refractivity contribution in [3.63, 3.8) is 0 Å². The summed E-state index contributed by atoms with van der Waals surface area (Å²) in [6, 6.07) is 9.58. The van der Waals surface area contributed by atoms with Gasteiger partial charge in [0.25, 0.3) is 0 Å². The van der Waals surface area contributed by atoms with Crippen LogP contribution in [-0.2, 0) is 0 Å². The van der Waals surface area contributed by atoms with Crippen LogP contribution >= 0.6 is 0 Å². The van der Waals surface area contributed by atoms with E-state index in [2.05, 4.69) is 39.4 Å². The fraction of sp³-hybridized carbons (Fsp3) is 0.696. The Morgan fingerprint density at radius 3 is 1.75 bits per heavy atom. The van der Waals surface area contributed by atoms with Crippen molar-refractivity contribution in [2.75, 3.05) is 49.1 Å². The predicted molar refractivity (Wildman–Crippen MR) is 116 cm³/mol. The van der Waals surface area contributed by atoms with Crippen LogP contribution in [0.5, 0.6) is 0 Å². The third kappa shape index (κ3) is 4.92. The van der Waals surface area contributed by atoms with Gasteiger partial charge >= 0.3 is 6.03 Å². The minimum absolute atomic E-state index is 0.145. The molecule has 28 heavy (non-hydrogen) atoms. The summed E-state index contributed by atoms with van der Waals surface area (Å²) in [7, 11) is 0. The van der Waals surface area contributed by atoms with Crippen molar-refractivity contribution >= 4 is 17.4 Å². The van der Waals surface area contributed by atoms with Crippen LogP contribution in [0.3, 0.4) is 0 Å². The summed E-state index contributed by atoms with van der Waals surface area (Å²) in [5.41, 5.74) is 2.63. The Morgan fingerprint density at radius 2 is 1.18 bits per heavy atom. The molecule has 1 saturated carbocycles. The number of amides is 2. The van der Waals surface area contributed by atoms with Crippen LogP contribution in [0.15, 0.2) is 24.3 Å². The van der Waals surface area contributed by atoms with Crippen molar-refractivity contribution in [3.8, 4) is 0 Å². The Bertz CT molecular complexity index is 610. The predicted octanol–water partition coefficient (Wildman–Crippen LogP) is 4.23. The molecule has 2 amide bonds. The van der Waals surface area contributed by atoms with Gasteiger partial charge in [-0.1, -0.05) is 25.7 Å². The molecule has 5 nitrogen and oxygen atoms in total. The van der Waals surface area contributed by atoms with E-state index in [0.717, 1.165) is 39.0 Å². The SMILES string of the molecule is O=C(NC1CCCCCC1)N1CCN(c2ccc(N3CCCCC3)cc2)CC1. The average molecular weight is 385 g/mol. The molecule has 0 atom stereocenters. The summed E-state index contributed by atoms with van der Waals surface area (Å²) in [4.78, 5) is 19.6. The normalized spacial score (nSPS) is 22.1. The maximum atomic E-state index is 12.6. The molecule has 5 heteroatoms. The molecule has 0 aromatic heterocycles. The van der Waals surface area contributed by atoms with Crippen molar-refractivity contribution in [1.82, 2.24) is 10.2 Å². The number of carbonyl (C=O) groups excluding carboxylic acids is 1. The van der Waals surface area contributed by atoms with Crippen molar-refractivity contribution in [3.05, 3.63) is 24.3 Å². The van der Waals surface area contributed by atoms with E-state index in [4.69, 9.17) is 0 Å². The maximum Gasteiger partial charge on any atom is 0.317 e. The van der Waals surface area contributed by atoms with E-state index in [1.807, 2.05) is 4.90 Å². The average Bonchev–Trinajstić information content (AvgIpc) is 3.03. The van der Waals surface area contributed by atoms with Gasteiger partial charge in [-0.2, -0.15) is 0 Å². The number of nitrogens with one attached hydrogen (secondary N) is 1. The molecule has 0 spiro atoms. The molecule has 4 rings (SSSR count). The van der Waals surface area contributed by atoms with Gasteiger partial charge in [-0.25, -0.2) is 4.79 Å². The summed E-state index contributed by atoms with van der Waals surface area (Å²) >= 11 is 0. The van der Waals surface area contributed by atoms with E-state index in [-0.39, 0.29) is 6.03 Å². The van der Waals surface area contributed by atoms with Crippen molar-refractivity contribution in [2.24, 2.45) is 0 Å². The number of rotatable bonds is 3. The van der Waals surface area contributed by atoms with E-state index >= 15 is 0 Å². The molecule has 0 bridgehead atoms. The Morgan fingerprint density at radius 1 is 0.679 bits per heavy atom. The molecular formula is C23H36N4O. The van der Waals surface area contributed by atoms with E-state index < -0.39 is 0 Å². The van der Waals surface area contributed by atoms with Crippen LogP contribution in [0.25, 0.3) is 0 Å². The zero-order valence-corrected chi connectivity index (χ0v) is 17.2. The number of hydrogen-bond donors (Lipinski definition) is 1. The van der Waals surface area contributed by atoms with Crippen LogP contribution in [0, 0.1) is 0 Å². The van der Waals surface area contributed by atoms with Crippen LogP contribution in [0.2, 0.25) is 0 Å². The Labute approximate surface area is 170 Å². The molecule has 1 aromatic carbocycles. The number of piperidine rings is 1. The van der Waals surface area contributed by atoms with Crippen molar-refractivity contribution in [2.45, 2.75) is 63.8 Å². The highest BCUT2D eigenvalue weighted by atomic mass is 16.2. The third-order valence-corrected chi connectivity index (χ3v) is 6.69. The largest absolute Gasteiger partial charge is 0.372 e. The van der Waals surface area contributed by atoms with Crippen LogP contribution in [-0.4, -0.2) is 56.2 Å². The molecule has 0 radical (unpaired) electrons. The van der Waals surface area contributed by atoms with E-state index in [0.29, 0.717) is 6.04 Å². The van der Waals surface area contributed by atoms with Gasteiger partial charge in [0.2, 0.25) is 0 Å². The maximum absolute atomic E-state index is 12.6. The number of anilines is 2. The lowest BCUT2D eigenvalue weighted by atomic mass is 10.1. The quantitative estimate of drug-likeness (QED) is 0.793. The van der Waals surface area contributed by atoms with Gasteiger partial charge in [0.05, 0.1) is 0 Å². The first-order chi connectivity index (χ1) is 13.8. The highest BCUT2D eigenvalue weighted by molar-refractivity contribution is 5.75. The minimum Gasteiger partial charge on any atom is -0.372 e. The smallest absolute Gasteiger partial charge is 0.317 e. The van der Waals surface area contributed by atoms with Gasteiger partial charge in [0.15, 0.2) is 0 Å². The van der Waals surface area contributed by atoms with Gasteiger partial charge < -0.3 is 20.0 Å². The number of piperazine rings is 1. The highest BCUT2D eigenvalue weighted by Crippen LogP contribution is 2.24. The highest BCUT2D eigenvalue weighted by Gasteiger charge is 2.23. The standard InChI is InChI=1S/C23H36N4O/c28-23(24-20-8-4-1-2-5-9-20)27-18-16-26(17-19-27)22-12-10-21(11-13-22)25-14-6-3-7-15-25/h10-13,20H,1-9,14-19H2,(H,24,28). The summed E-state index contributed by atoms with van der Waals surface area (Å²) in [5, 5.41) is 3.29. The third-order valence-electron chi connectivity index (χ3n) is 6.69. The van der Waals surface area contributed by atoms with Crippen LogP contribution < -0.4 is 15.1 Å². The number of benzene rings is 1. The molecule has 0 unspecified atom stereocenters. The lowest BCUT2D eigenvalue weighted by molar-refractivity contribution is 0.189. The molecule has 1 aromatic rings. The number of nitrogens with zero attached hydrogens (tertiary/aromatic N) is 3. The topological polar surface area (TPSA) is 38.8 Å². The first-order valence-corrected chi connectivity index (χ1v) is 11.4. The summed E-state index contributed by atoms with van der Waals surface area (Å²) in [5.74, 6) is 0. The Hall–Kier alpha value is -1.91. The zero-order valence-electron chi connectivity index (χ0n) is 17.2. The van der Waals surface area contributed by atoms with Crippen LogP contribution in [0.4, 0.5) is 16.2 Å². The van der Waals surface area contributed by atoms with Gasteiger partial charge in [-0.15, -0.1) is 0 Å². The zero-order chi connectivity index (χ0) is 19.2. The first kappa shape index (κ1) is 19.4. The number of carbonyl (C=O) groups is 1. The molecular weight excluding hydrogens is 348 g/mol.